The molecule has 0 saturated carbocycles. The third-order valence-corrected chi connectivity index (χ3v) is 3.60. The van der Waals surface area contributed by atoms with Crippen molar-refractivity contribution in [1.82, 2.24) is 20.4 Å². The summed E-state index contributed by atoms with van der Waals surface area (Å²) < 4.78 is 6.90. The van der Waals surface area contributed by atoms with E-state index in [9.17, 15) is 9.90 Å². The molecule has 2 aromatic rings. The summed E-state index contributed by atoms with van der Waals surface area (Å²) in [4.78, 5) is 11.9. The van der Waals surface area contributed by atoms with Gasteiger partial charge in [0.15, 0.2) is 0 Å². The van der Waals surface area contributed by atoms with Gasteiger partial charge in [0.25, 0.3) is 0 Å². The van der Waals surface area contributed by atoms with Crippen LogP contribution in [0.5, 0.6) is 0 Å². The second kappa shape index (κ2) is 7.13. The zero-order chi connectivity index (χ0) is 16.1. The van der Waals surface area contributed by atoms with Crippen LogP contribution in [0.15, 0.2) is 29.0 Å². The zero-order valence-electron chi connectivity index (χ0n) is 13.0. The fraction of sp³-hybridized carbons (Fsp3) is 0.467. The fourth-order valence-electron chi connectivity index (χ4n) is 2.16. The minimum Gasteiger partial charge on any atom is -0.467 e. The SMILES string of the molecule is Cc1c(CNC(=O)NC(C)CC(O)c2ccco2)cnn1C. The number of nitrogens with one attached hydrogen (secondary N) is 2. The third kappa shape index (κ3) is 4.11. The van der Waals surface area contributed by atoms with Gasteiger partial charge in [0, 0.05) is 37.3 Å². The van der Waals surface area contributed by atoms with E-state index < -0.39 is 6.10 Å². The Kier molecular flexibility index (Phi) is 5.21. The number of amides is 2. The molecule has 0 saturated heterocycles. The average molecular weight is 306 g/mol. The summed E-state index contributed by atoms with van der Waals surface area (Å²) in [5.41, 5.74) is 1.99. The van der Waals surface area contributed by atoms with E-state index in [1.165, 1.54) is 6.26 Å². The molecular weight excluding hydrogens is 284 g/mol. The number of aryl methyl sites for hydroxylation is 1. The first-order valence-electron chi connectivity index (χ1n) is 7.20. The smallest absolute Gasteiger partial charge is 0.315 e. The lowest BCUT2D eigenvalue weighted by Gasteiger charge is -2.17. The van der Waals surface area contributed by atoms with Crippen LogP contribution >= 0.6 is 0 Å². The van der Waals surface area contributed by atoms with Gasteiger partial charge in [-0.2, -0.15) is 5.10 Å². The van der Waals surface area contributed by atoms with Crippen LogP contribution in [0.2, 0.25) is 0 Å². The van der Waals surface area contributed by atoms with Crippen LogP contribution < -0.4 is 10.6 Å². The van der Waals surface area contributed by atoms with Crippen molar-refractivity contribution in [3.05, 3.63) is 41.6 Å². The Bertz CT molecular complexity index is 606. The number of furan rings is 1. The van der Waals surface area contributed by atoms with Crippen molar-refractivity contribution in [2.75, 3.05) is 0 Å². The van der Waals surface area contributed by atoms with Gasteiger partial charge < -0.3 is 20.2 Å². The average Bonchev–Trinajstić information content (AvgIpc) is 3.09. The summed E-state index contributed by atoms with van der Waals surface area (Å²) in [7, 11) is 1.86. The molecule has 0 radical (unpaired) electrons. The highest BCUT2D eigenvalue weighted by Crippen LogP contribution is 2.18. The number of aliphatic hydroxyl groups excluding tert-OH is 1. The number of aliphatic hydroxyl groups is 1. The number of hydrogen-bond acceptors (Lipinski definition) is 4. The van der Waals surface area contributed by atoms with E-state index in [1.54, 1.807) is 23.0 Å². The van der Waals surface area contributed by atoms with Crippen molar-refractivity contribution in [3.63, 3.8) is 0 Å². The third-order valence-electron chi connectivity index (χ3n) is 3.60. The topological polar surface area (TPSA) is 92.3 Å². The molecule has 2 atom stereocenters. The Morgan fingerprint density at radius 1 is 1.55 bits per heavy atom. The van der Waals surface area contributed by atoms with Crippen molar-refractivity contribution in [3.8, 4) is 0 Å². The van der Waals surface area contributed by atoms with Gasteiger partial charge in [0.05, 0.1) is 12.5 Å². The summed E-state index contributed by atoms with van der Waals surface area (Å²) in [6, 6.07) is 2.97. The maximum Gasteiger partial charge on any atom is 0.315 e. The molecule has 0 bridgehead atoms. The normalized spacial score (nSPS) is 13.6. The standard InChI is InChI=1S/C15H22N4O3/c1-10(7-13(20)14-5-4-6-22-14)18-15(21)16-8-12-9-17-19(3)11(12)2/h4-6,9-10,13,20H,7-8H2,1-3H3,(H2,16,18,21). The van der Waals surface area contributed by atoms with E-state index in [0.717, 1.165) is 11.3 Å². The molecular formula is C15H22N4O3. The van der Waals surface area contributed by atoms with Gasteiger partial charge in [-0.3, -0.25) is 4.68 Å². The van der Waals surface area contributed by atoms with Gasteiger partial charge in [-0.15, -0.1) is 0 Å². The van der Waals surface area contributed by atoms with E-state index in [4.69, 9.17) is 4.42 Å². The second-order valence-corrected chi connectivity index (χ2v) is 5.37. The molecule has 7 heteroatoms. The molecule has 2 heterocycles. The molecule has 2 amide bonds. The predicted molar refractivity (Wildman–Crippen MR) is 81.1 cm³/mol. The molecule has 120 valence electrons. The van der Waals surface area contributed by atoms with E-state index in [-0.39, 0.29) is 12.1 Å². The lowest BCUT2D eigenvalue weighted by molar-refractivity contribution is 0.129. The summed E-state index contributed by atoms with van der Waals surface area (Å²) >= 11 is 0. The molecule has 2 rings (SSSR count). The van der Waals surface area contributed by atoms with Crippen LogP contribution in [-0.2, 0) is 13.6 Å². The zero-order valence-corrected chi connectivity index (χ0v) is 13.0. The maximum atomic E-state index is 11.9. The number of nitrogens with zero attached hydrogens (tertiary/aromatic N) is 2. The minimum absolute atomic E-state index is 0.185. The van der Waals surface area contributed by atoms with Crippen LogP contribution in [0, 0.1) is 6.92 Å². The van der Waals surface area contributed by atoms with E-state index >= 15 is 0 Å². The first kappa shape index (κ1) is 16.1. The van der Waals surface area contributed by atoms with Gasteiger partial charge in [0.2, 0.25) is 0 Å². The summed E-state index contributed by atoms with van der Waals surface area (Å²) in [6.07, 6.45) is 2.90. The van der Waals surface area contributed by atoms with Crippen LogP contribution in [0.1, 0.15) is 36.5 Å². The monoisotopic (exact) mass is 306 g/mol. The number of rotatable bonds is 6. The van der Waals surface area contributed by atoms with Crippen molar-refractivity contribution < 1.29 is 14.3 Å². The van der Waals surface area contributed by atoms with Gasteiger partial charge in [-0.05, 0) is 26.0 Å². The van der Waals surface area contributed by atoms with E-state index in [1.807, 2.05) is 20.9 Å². The Labute approximate surface area is 129 Å². The minimum atomic E-state index is -0.731. The van der Waals surface area contributed by atoms with E-state index in [0.29, 0.717) is 18.7 Å². The van der Waals surface area contributed by atoms with Crippen molar-refractivity contribution in [2.24, 2.45) is 7.05 Å². The number of carbonyl (C=O) groups excluding carboxylic acids is 1. The van der Waals surface area contributed by atoms with Crippen LogP contribution in [0.4, 0.5) is 4.79 Å². The highest BCUT2D eigenvalue weighted by atomic mass is 16.4. The molecule has 7 nitrogen and oxygen atoms in total. The summed E-state index contributed by atoms with van der Waals surface area (Å²) in [5.74, 6) is 0.500. The molecule has 0 aliphatic heterocycles. The first-order chi connectivity index (χ1) is 10.5. The van der Waals surface area contributed by atoms with Gasteiger partial charge in [-0.25, -0.2) is 4.79 Å². The highest BCUT2D eigenvalue weighted by Gasteiger charge is 2.16. The molecule has 0 aliphatic carbocycles. The summed E-state index contributed by atoms with van der Waals surface area (Å²) in [6.45, 7) is 4.20. The Morgan fingerprint density at radius 2 is 2.32 bits per heavy atom. The molecule has 0 fully saturated rings. The van der Waals surface area contributed by atoms with Gasteiger partial charge in [0.1, 0.15) is 11.9 Å². The predicted octanol–water partition coefficient (Wildman–Crippen LogP) is 1.63. The van der Waals surface area contributed by atoms with Gasteiger partial charge >= 0.3 is 6.03 Å². The number of carbonyl (C=O) groups is 1. The number of hydrogen-bond donors (Lipinski definition) is 3. The van der Waals surface area contributed by atoms with Crippen molar-refractivity contribution >= 4 is 6.03 Å². The number of aromatic nitrogens is 2. The number of urea groups is 1. The fourth-order valence-corrected chi connectivity index (χ4v) is 2.16. The maximum absolute atomic E-state index is 11.9. The summed E-state index contributed by atoms with van der Waals surface area (Å²) in [5, 5.41) is 19.7. The molecule has 0 spiro atoms. The Morgan fingerprint density at radius 3 is 2.91 bits per heavy atom. The van der Waals surface area contributed by atoms with E-state index in [2.05, 4.69) is 15.7 Å². The quantitative estimate of drug-likeness (QED) is 0.756. The van der Waals surface area contributed by atoms with Crippen LogP contribution in [-0.4, -0.2) is 27.0 Å². The second-order valence-electron chi connectivity index (χ2n) is 5.37. The van der Waals surface area contributed by atoms with Crippen LogP contribution in [0.3, 0.4) is 0 Å². The lowest BCUT2D eigenvalue weighted by atomic mass is 10.1. The van der Waals surface area contributed by atoms with Crippen LogP contribution in [0.25, 0.3) is 0 Å². The van der Waals surface area contributed by atoms with Crippen molar-refractivity contribution in [1.29, 1.82) is 0 Å². The molecule has 0 aliphatic rings. The Hall–Kier alpha value is -2.28. The molecule has 2 unspecified atom stereocenters. The molecule has 0 aromatic carbocycles. The van der Waals surface area contributed by atoms with Crippen molar-refractivity contribution in [2.45, 2.75) is 39.0 Å². The largest absolute Gasteiger partial charge is 0.467 e. The molecule has 2 aromatic heterocycles. The lowest BCUT2D eigenvalue weighted by Crippen LogP contribution is -2.41. The molecule has 22 heavy (non-hydrogen) atoms. The highest BCUT2D eigenvalue weighted by molar-refractivity contribution is 5.74. The van der Waals surface area contributed by atoms with Gasteiger partial charge in [-0.1, -0.05) is 0 Å². The molecule has 3 N–H and O–H groups in total. The first-order valence-corrected chi connectivity index (χ1v) is 7.20. The Balaban J connectivity index is 1.75.